The first-order chi connectivity index (χ1) is 9.20. The molecule has 1 amide bonds. The van der Waals surface area contributed by atoms with Gasteiger partial charge in [-0.1, -0.05) is 31.5 Å². The Morgan fingerprint density at radius 3 is 3.05 bits per heavy atom. The Labute approximate surface area is 115 Å². The minimum Gasteiger partial charge on any atom is -0.360 e. The van der Waals surface area contributed by atoms with E-state index in [1.165, 1.54) is 5.56 Å². The van der Waals surface area contributed by atoms with Crippen LogP contribution >= 0.6 is 0 Å². The van der Waals surface area contributed by atoms with E-state index < -0.39 is 0 Å². The zero-order valence-electron chi connectivity index (χ0n) is 11.6. The number of amides is 1. The normalized spacial score (nSPS) is 18.0. The van der Waals surface area contributed by atoms with Crippen LogP contribution in [0.2, 0.25) is 0 Å². The fraction of sp³-hybridized carbons (Fsp3) is 0.533. The third-order valence-electron chi connectivity index (χ3n) is 3.46. The number of carbonyl (C=O) groups excluding carboxylic acids is 1. The van der Waals surface area contributed by atoms with Crippen molar-refractivity contribution in [3.8, 4) is 0 Å². The number of carbonyl (C=O) groups is 1. The molecule has 104 valence electrons. The van der Waals surface area contributed by atoms with Crippen LogP contribution in [-0.4, -0.2) is 31.6 Å². The summed E-state index contributed by atoms with van der Waals surface area (Å²) >= 11 is 0. The zero-order chi connectivity index (χ0) is 13.7. The zero-order valence-corrected chi connectivity index (χ0v) is 11.6. The van der Waals surface area contributed by atoms with Crippen LogP contribution in [0, 0.1) is 0 Å². The smallest absolute Gasteiger partial charge is 0.239 e. The summed E-state index contributed by atoms with van der Waals surface area (Å²) in [5, 5.41) is 2.96. The molecule has 0 radical (unpaired) electrons. The molecule has 0 bridgehead atoms. The predicted molar refractivity (Wildman–Crippen MR) is 78.3 cm³/mol. The van der Waals surface area contributed by atoms with E-state index in [-0.39, 0.29) is 11.9 Å². The number of benzene rings is 1. The highest BCUT2D eigenvalue weighted by Crippen LogP contribution is 2.25. The van der Waals surface area contributed by atoms with Crippen LogP contribution in [0.5, 0.6) is 0 Å². The Balaban J connectivity index is 1.98. The quantitative estimate of drug-likeness (QED) is 0.785. The van der Waals surface area contributed by atoms with E-state index in [0.29, 0.717) is 6.54 Å². The van der Waals surface area contributed by atoms with Crippen molar-refractivity contribution in [2.24, 2.45) is 5.73 Å². The van der Waals surface area contributed by atoms with Gasteiger partial charge in [-0.2, -0.15) is 0 Å². The third kappa shape index (κ3) is 3.70. The maximum absolute atomic E-state index is 11.9. The molecule has 4 heteroatoms. The van der Waals surface area contributed by atoms with Crippen LogP contribution in [0.3, 0.4) is 0 Å². The molecule has 1 aromatic rings. The molecule has 1 heterocycles. The number of nitrogens with two attached hydrogens (primary N) is 1. The lowest BCUT2D eigenvalue weighted by molar-refractivity contribution is -0.119. The first-order valence-electron chi connectivity index (χ1n) is 7.06. The Kier molecular flexibility index (Phi) is 4.80. The number of anilines is 1. The van der Waals surface area contributed by atoms with Crippen LogP contribution in [-0.2, 0) is 11.2 Å². The highest BCUT2D eigenvalue weighted by Gasteiger charge is 2.22. The average Bonchev–Trinajstić information content (AvgIpc) is 2.39. The van der Waals surface area contributed by atoms with Gasteiger partial charge in [-0.25, -0.2) is 0 Å². The Morgan fingerprint density at radius 1 is 1.47 bits per heavy atom. The van der Waals surface area contributed by atoms with Crippen LogP contribution in [0.25, 0.3) is 0 Å². The fourth-order valence-corrected chi connectivity index (χ4v) is 2.50. The van der Waals surface area contributed by atoms with Crippen molar-refractivity contribution in [3.63, 3.8) is 0 Å². The number of hydrogen-bond acceptors (Lipinski definition) is 3. The summed E-state index contributed by atoms with van der Waals surface area (Å²) in [7, 11) is 0. The molecule has 0 aromatic heterocycles. The molecule has 1 aliphatic heterocycles. The van der Waals surface area contributed by atoms with Crippen molar-refractivity contribution in [2.75, 3.05) is 24.5 Å². The van der Waals surface area contributed by atoms with E-state index >= 15 is 0 Å². The van der Waals surface area contributed by atoms with E-state index in [1.807, 2.05) is 12.1 Å². The number of nitrogens with zero attached hydrogens (tertiary/aromatic N) is 1. The Morgan fingerprint density at radius 2 is 2.26 bits per heavy atom. The summed E-state index contributed by atoms with van der Waals surface area (Å²) in [6.45, 7) is 4.02. The van der Waals surface area contributed by atoms with Gasteiger partial charge in [0.25, 0.3) is 0 Å². The Bertz CT molecular complexity index is 433. The number of para-hydroxylation sites is 1. The first-order valence-corrected chi connectivity index (χ1v) is 7.06. The minimum absolute atomic E-state index is 0.0809. The van der Waals surface area contributed by atoms with Crippen molar-refractivity contribution in [2.45, 2.75) is 32.2 Å². The fourth-order valence-electron chi connectivity index (χ4n) is 2.50. The molecule has 1 unspecified atom stereocenters. The molecule has 1 aromatic carbocycles. The number of nitrogens with one attached hydrogen (secondary N) is 1. The van der Waals surface area contributed by atoms with Gasteiger partial charge in [-0.05, 0) is 24.5 Å². The van der Waals surface area contributed by atoms with Crippen molar-refractivity contribution in [3.05, 3.63) is 29.8 Å². The lowest BCUT2D eigenvalue weighted by Gasteiger charge is -2.34. The van der Waals surface area contributed by atoms with Gasteiger partial charge in [0.2, 0.25) is 5.91 Å². The lowest BCUT2D eigenvalue weighted by atomic mass is 9.98. The van der Waals surface area contributed by atoms with E-state index in [4.69, 9.17) is 5.73 Å². The van der Waals surface area contributed by atoms with Gasteiger partial charge in [-0.3, -0.25) is 4.79 Å². The van der Waals surface area contributed by atoms with E-state index in [2.05, 4.69) is 29.3 Å². The van der Waals surface area contributed by atoms with Crippen LogP contribution in [0.1, 0.15) is 25.3 Å². The lowest BCUT2D eigenvalue weighted by Crippen LogP contribution is -2.47. The number of fused-ring (bicyclic) bond motifs is 1. The standard InChI is InChI=1S/C15H23N3O/c1-2-3-8-17-15(19)11-18-10-13(16)9-12-6-4-5-7-14(12)18/h4-7,13H,2-3,8-11,16H2,1H3,(H,17,19). The van der Waals surface area contributed by atoms with Gasteiger partial charge in [0.15, 0.2) is 0 Å². The molecule has 1 atom stereocenters. The van der Waals surface area contributed by atoms with Gasteiger partial charge >= 0.3 is 0 Å². The number of hydrogen-bond donors (Lipinski definition) is 2. The molecule has 19 heavy (non-hydrogen) atoms. The average molecular weight is 261 g/mol. The third-order valence-corrected chi connectivity index (χ3v) is 3.46. The summed E-state index contributed by atoms with van der Waals surface area (Å²) in [5.74, 6) is 0.0809. The van der Waals surface area contributed by atoms with Gasteiger partial charge in [0, 0.05) is 24.8 Å². The molecular formula is C15H23N3O. The monoisotopic (exact) mass is 261 g/mol. The Hall–Kier alpha value is -1.55. The highest BCUT2D eigenvalue weighted by molar-refractivity contribution is 5.82. The maximum atomic E-state index is 11.9. The summed E-state index contributed by atoms with van der Waals surface area (Å²) in [5.41, 5.74) is 8.45. The predicted octanol–water partition coefficient (Wildman–Crippen LogP) is 1.29. The van der Waals surface area contributed by atoms with Crippen LogP contribution in [0.4, 0.5) is 5.69 Å². The molecule has 1 aliphatic rings. The summed E-state index contributed by atoms with van der Waals surface area (Å²) in [6.07, 6.45) is 3.02. The van der Waals surface area contributed by atoms with Crippen molar-refractivity contribution in [1.82, 2.24) is 5.32 Å². The molecular weight excluding hydrogens is 238 g/mol. The molecule has 0 aliphatic carbocycles. The maximum Gasteiger partial charge on any atom is 0.239 e. The molecule has 2 rings (SSSR count). The van der Waals surface area contributed by atoms with Crippen LogP contribution in [0.15, 0.2) is 24.3 Å². The molecule has 3 N–H and O–H groups in total. The minimum atomic E-state index is 0.0809. The summed E-state index contributed by atoms with van der Waals surface area (Å²) < 4.78 is 0. The van der Waals surface area contributed by atoms with E-state index in [9.17, 15) is 4.79 Å². The van der Waals surface area contributed by atoms with Crippen molar-refractivity contribution < 1.29 is 4.79 Å². The molecule has 4 nitrogen and oxygen atoms in total. The second-order valence-electron chi connectivity index (χ2n) is 5.18. The largest absolute Gasteiger partial charge is 0.360 e. The van der Waals surface area contributed by atoms with Crippen molar-refractivity contribution in [1.29, 1.82) is 0 Å². The summed E-state index contributed by atoms with van der Waals surface area (Å²) in [6, 6.07) is 8.31. The second-order valence-corrected chi connectivity index (χ2v) is 5.18. The molecule has 0 saturated heterocycles. The van der Waals surface area contributed by atoms with Gasteiger partial charge in [-0.15, -0.1) is 0 Å². The SMILES string of the molecule is CCCCNC(=O)CN1CC(N)Cc2ccccc21. The molecule has 0 saturated carbocycles. The van der Waals surface area contributed by atoms with Gasteiger partial charge in [0.05, 0.1) is 6.54 Å². The first kappa shape index (κ1) is 13.9. The van der Waals surface area contributed by atoms with Gasteiger partial charge < -0.3 is 16.0 Å². The van der Waals surface area contributed by atoms with E-state index in [0.717, 1.165) is 38.0 Å². The van der Waals surface area contributed by atoms with E-state index in [1.54, 1.807) is 0 Å². The van der Waals surface area contributed by atoms with Gasteiger partial charge in [0.1, 0.15) is 0 Å². The molecule has 0 fully saturated rings. The highest BCUT2D eigenvalue weighted by atomic mass is 16.2. The van der Waals surface area contributed by atoms with Crippen LogP contribution < -0.4 is 16.0 Å². The molecule has 0 spiro atoms. The summed E-state index contributed by atoms with van der Waals surface area (Å²) in [4.78, 5) is 14.0. The van der Waals surface area contributed by atoms with Crippen molar-refractivity contribution >= 4 is 11.6 Å². The number of unbranched alkanes of at least 4 members (excludes halogenated alkanes) is 1. The number of rotatable bonds is 5. The topological polar surface area (TPSA) is 58.4 Å². The second kappa shape index (κ2) is 6.57.